The quantitative estimate of drug-likeness (QED) is 0.590. The molecule has 0 aliphatic carbocycles. The zero-order valence-corrected chi connectivity index (χ0v) is 9.51. The lowest BCUT2D eigenvalue weighted by atomic mass is 10.0. The summed E-state index contributed by atoms with van der Waals surface area (Å²) >= 11 is 0. The predicted molar refractivity (Wildman–Crippen MR) is 64.4 cm³/mol. The Hall–Kier alpha value is -1.62. The highest BCUT2D eigenvalue weighted by Crippen LogP contribution is 2.17. The molecule has 0 aliphatic rings. The molecular weight excluding hydrogens is 206 g/mol. The van der Waals surface area contributed by atoms with Crippen molar-refractivity contribution in [2.75, 3.05) is 11.9 Å². The average Bonchev–Trinajstić information content (AvgIpc) is 2.26. The fourth-order valence-corrected chi connectivity index (χ4v) is 1.39. The molecule has 3 N–H and O–H groups in total. The summed E-state index contributed by atoms with van der Waals surface area (Å²) in [5.74, 6) is 0.417. The second kappa shape index (κ2) is 5.46. The lowest BCUT2D eigenvalue weighted by molar-refractivity contribution is -0.384. The molecule has 0 aromatic heterocycles. The topological polar surface area (TPSA) is 81.2 Å². The third-order valence-corrected chi connectivity index (χ3v) is 2.49. The summed E-state index contributed by atoms with van der Waals surface area (Å²) in [6.45, 7) is 4.69. The molecule has 88 valence electrons. The Kier molecular flexibility index (Phi) is 4.25. The summed E-state index contributed by atoms with van der Waals surface area (Å²) in [5.41, 5.74) is 6.58. The molecule has 1 aromatic carbocycles. The Morgan fingerprint density at radius 2 is 1.94 bits per heavy atom. The fourth-order valence-electron chi connectivity index (χ4n) is 1.39. The highest BCUT2D eigenvalue weighted by atomic mass is 16.6. The van der Waals surface area contributed by atoms with Crippen molar-refractivity contribution >= 4 is 11.4 Å². The summed E-state index contributed by atoms with van der Waals surface area (Å²) in [6, 6.07) is 6.54. The van der Waals surface area contributed by atoms with Crippen LogP contribution in [0.25, 0.3) is 0 Å². The van der Waals surface area contributed by atoms with E-state index in [0.29, 0.717) is 12.5 Å². The van der Waals surface area contributed by atoms with Gasteiger partial charge in [0.1, 0.15) is 0 Å². The Morgan fingerprint density at radius 3 is 2.31 bits per heavy atom. The maximum absolute atomic E-state index is 10.5. The van der Waals surface area contributed by atoms with Crippen LogP contribution in [0.3, 0.4) is 0 Å². The van der Waals surface area contributed by atoms with Crippen molar-refractivity contribution in [3.63, 3.8) is 0 Å². The van der Waals surface area contributed by atoms with Crippen LogP contribution in [0.5, 0.6) is 0 Å². The van der Waals surface area contributed by atoms with Gasteiger partial charge in [-0.1, -0.05) is 13.8 Å². The van der Waals surface area contributed by atoms with Gasteiger partial charge in [0.2, 0.25) is 0 Å². The Morgan fingerprint density at radius 1 is 1.38 bits per heavy atom. The number of nitrogens with zero attached hydrogens (tertiary/aromatic N) is 1. The standard InChI is InChI=1S/C11H17N3O2/c1-8(2)11(7-12)13-9-3-5-10(6-4-9)14(15)16/h3-6,8,11,13H,7,12H2,1-2H3. The van der Waals surface area contributed by atoms with Gasteiger partial charge < -0.3 is 11.1 Å². The molecule has 0 bridgehead atoms. The van der Waals surface area contributed by atoms with Gasteiger partial charge in [0.25, 0.3) is 5.69 Å². The molecule has 5 nitrogen and oxygen atoms in total. The van der Waals surface area contributed by atoms with E-state index in [1.807, 2.05) is 0 Å². The maximum Gasteiger partial charge on any atom is 0.269 e. The van der Waals surface area contributed by atoms with E-state index in [4.69, 9.17) is 5.73 Å². The van der Waals surface area contributed by atoms with Crippen molar-refractivity contribution in [2.24, 2.45) is 11.7 Å². The third kappa shape index (κ3) is 3.20. The summed E-state index contributed by atoms with van der Waals surface area (Å²) in [6.07, 6.45) is 0. The average molecular weight is 223 g/mol. The van der Waals surface area contributed by atoms with Crippen molar-refractivity contribution in [3.8, 4) is 0 Å². The summed E-state index contributed by atoms with van der Waals surface area (Å²) < 4.78 is 0. The van der Waals surface area contributed by atoms with E-state index in [-0.39, 0.29) is 11.7 Å². The first-order valence-electron chi connectivity index (χ1n) is 5.25. The molecule has 0 aliphatic heterocycles. The first kappa shape index (κ1) is 12.4. The van der Waals surface area contributed by atoms with E-state index in [9.17, 15) is 10.1 Å². The van der Waals surface area contributed by atoms with E-state index >= 15 is 0 Å². The molecule has 0 fully saturated rings. The smallest absolute Gasteiger partial charge is 0.269 e. The van der Waals surface area contributed by atoms with Crippen LogP contribution >= 0.6 is 0 Å². The van der Waals surface area contributed by atoms with Crippen LogP contribution in [0.2, 0.25) is 0 Å². The SMILES string of the molecule is CC(C)C(CN)Nc1ccc([N+](=O)[O-])cc1. The Balaban J connectivity index is 2.71. The summed E-state index contributed by atoms with van der Waals surface area (Å²) in [5, 5.41) is 13.7. The van der Waals surface area contributed by atoms with E-state index in [1.165, 1.54) is 12.1 Å². The van der Waals surface area contributed by atoms with Crippen LogP contribution in [0.4, 0.5) is 11.4 Å². The van der Waals surface area contributed by atoms with Crippen LogP contribution in [0, 0.1) is 16.0 Å². The molecule has 1 unspecified atom stereocenters. The highest BCUT2D eigenvalue weighted by molar-refractivity contribution is 5.49. The maximum atomic E-state index is 10.5. The number of rotatable bonds is 5. The molecule has 0 amide bonds. The van der Waals surface area contributed by atoms with Gasteiger partial charge in [0.05, 0.1) is 4.92 Å². The van der Waals surface area contributed by atoms with E-state index < -0.39 is 4.92 Å². The number of anilines is 1. The minimum Gasteiger partial charge on any atom is -0.381 e. The predicted octanol–water partition coefficient (Wildman–Crippen LogP) is 1.99. The molecule has 5 heteroatoms. The first-order valence-corrected chi connectivity index (χ1v) is 5.25. The van der Waals surface area contributed by atoms with Crippen molar-refractivity contribution in [2.45, 2.75) is 19.9 Å². The molecule has 0 saturated carbocycles. The second-order valence-corrected chi connectivity index (χ2v) is 4.03. The lowest BCUT2D eigenvalue weighted by Crippen LogP contribution is -2.33. The summed E-state index contributed by atoms with van der Waals surface area (Å²) in [7, 11) is 0. The number of nitrogens with two attached hydrogens (primary N) is 1. The van der Waals surface area contributed by atoms with Gasteiger partial charge in [-0.15, -0.1) is 0 Å². The largest absolute Gasteiger partial charge is 0.381 e. The van der Waals surface area contributed by atoms with Crippen molar-refractivity contribution in [3.05, 3.63) is 34.4 Å². The number of nitrogens with one attached hydrogen (secondary N) is 1. The number of benzene rings is 1. The number of nitro benzene ring substituents is 1. The summed E-state index contributed by atoms with van der Waals surface area (Å²) in [4.78, 5) is 10.1. The molecule has 0 saturated heterocycles. The molecule has 0 radical (unpaired) electrons. The normalized spacial score (nSPS) is 12.5. The van der Waals surface area contributed by atoms with Crippen molar-refractivity contribution in [1.82, 2.24) is 0 Å². The molecule has 1 atom stereocenters. The van der Waals surface area contributed by atoms with Crippen molar-refractivity contribution in [1.29, 1.82) is 0 Å². The monoisotopic (exact) mass is 223 g/mol. The van der Waals surface area contributed by atoms with Crippen LogP contribution in [0.1, 0.15) is 13.8 Å². The molecule has 0 heterocycles. The minimum absolute atomic E-state index is 0.0967. The van der Waals surface area contributed by atoms with Gasteiger partial charge in [0.15, 0.2) is 0 Å². The van der Waals surface area contributed by atoms with E-state index in [0.717, 1.165) is 5.69 Å². The Labute approximate surface area is 94.8 Å². The molecule has 16 heavy (non-hydrogen) atoms. The van der Waals surface area contributed by atoms with Crippen LogP contribution < -0.4 is 11.1 Å². The van der Waals surface area contributed by atoms with E-state index in [1.54, 1.807) is 12.1 Å². The third-order valence-electron chi connectivity index (χ3n) is 2.49. The number of nitro groups is 1. The number of hydrogen-bond acceptors (Lipinski definition) is 4. The molecule has 1 rings (SSSR count). The number of hydrogen-bond donors (Lipinski definition) is 2. The van der Waals surface area contributed by atoms with Crippen LogP contribution in [-0.4, -0.2) is 17.5 Å². The van der Waals surface area contributed by atoms with Crippen LogP contribution in [-0.2, 0) is 0 Å². The zero-order valence-electron chi connectivity index (χ0n) is 9.51. The minimum atomic E-state index is -0.410. The zero-order chi connectivity index (χ0) is 12.1. The number of non-ortho nitro benzene ring substituents is 1. The van der Waals surface area contributed by atoms with Crippen LogP contribution in [0.15, 0.2) is 24.3 Å². The second-order valence-electron chi connectivity index (χ2n) is 4.03. The van der Waals surface area contributed by atoms with Gasteiger partial charge in [-0.2, -0.15) is 0 Å². The van der Waals surface area contributed by atoms with Gasteiger partial charge in [-0.3, -0.25) is 10.1 Å². The molecule has 1 aromatic rings. The van der Waals surface area contributed by atoms with Gasteiger partial charge in [0, 0.05) is 30.4 Å². The highest BCUT2D eigenvalue weighted by Gasteiger charge is 2.11. The van der Waals surface area contributed by atoms with Gasteiger partial charge in [-0.25, -0.2) is 0 Å². The lowest BCUT2D eigenvalue weighted by Gasteiger charge is -2.21. The van der Waals surface area contributed by atoms with Gasteiger partial charge in [-0.05, 0) is 18.1 Å². The van der Waals surface area contributed by atoms with Crippen molar-refractivity contribution < 1.29 is 4.92 Å². The first-order chi connectivity index (χ1) is 7.54. The Bertz CT molecular complexity index is 349. The van der Waals surface area contributed by atoms with E-state index in [2.05, 4.69) is 19.2 Å². The van der Waals surface area contributed by atoms with Gasteiger partial charge >= 0.3 is 0 Å². The fraction of sp³-hybridized carbons (Fsp3) is 0.455. The molecular formula is C11H17N3O2. The molecule has 0 spiro atoms.